The molecule has 3 unspecified atom stereocenters. The van der Waals surface area contributed by atoms with E-state index in [9.17, 15) is 0 Å². The predicted octanol–water partition coefficient (Wildman–Crippen LogP) is 3.71. The molecule has 92 valence electrons. The van der Waals surface area contributed by atoms with E-state index in [1.165, 1.54) is 38.6 Å². The third-order valence-corrected chi connectivity index (χ3v) is 4.74. The molecule has 1 aliphatic heterocycles. The summed E-state index contributed by atoms with van der Waals surface area (Å²) >= 11 is 0. The summed E-state index contributed by atoms with van der Waals surface area (Å²) in [5.41, 5.74) is 1.95. The molecule has 1 nitrogen and oxygen atoms in total. The highest BCUT2D eigenvalue weighted by Crippen LogP contribution is 2.54. The van der Waals surface area contributed by atoms with Gasteiger partial charge in [-0.1, -0.05) is 43.2 Å². The Balaban J connectivity index is 1.71. The fraction of sp³-hybridized carbons (Fsp3) is 0.625. The minimum absolute atomic E-state index is 0.400. The predicted molar refractivity (Wildman–Crippen MR) is 72.2 cm³/mol. The van der Waals surface area contributed by atoms with E-state index in [0.717, 1.165) is 11.8 Å². The molecular weight excluding hydrogens is 206 g/mol. The van der Waals surface area contributed by atoms with E-state index in [-0.39, 0.29) is 0 Å². The summed E-state index contributed by atoms with van der Waals surface area (Å²) in [5, 5.41) is 3.82. The molecule has 0 amide bonds. The van der Waals surface area contributed by atoms with Crippen LogP contribution in [-0.2, 0) is 0 Å². The van der Waals surface area contributed by atoms with Crippen LogP contribution in [0.5, 0.6) is 0 Å². The molecule has 0 bridgehead atoms. The van der Waals surface area contributed by atoms with Crippen molar-refractivity contribution in [2.75, 3.05) is 6.54 Å². The molecule has 17 heavy (non-hydrogen) atoms. The van der Waals surface area contributed by atoms with Crippen molar-refractivity contribution < 1.29 is 0 Å². The Bertz CT molecular complexity index is 362. The first kappa shape index (κ1) is 11.3. The SMILES string of the molecule is CC1(C2CC2c2ccccc2)CCCCCN1. The van der Waals surface area contributed by atoms with Gasteiger partial charge < -0.3 is 5.32 Å². The van der Waals surface area contributed by atoms with Gasteiger partial charge >= 0.3 is 0 Å². The molecule has 1 N–H and O–H groups in total. The maximum Gasteiger partial charge on any atom is 0.0187 e. The monoisotopic (exact) mass is 229 g/mol. The third-order valence-electron chi connectivity index (χ3n) is 4.74. The van der Waals surface area contributed by atoms with Crippen LogP contribution in [0, 0.1) is 5.92 Å². The van der Waals surface area contributed by atoms with Crippen molar-refractivity contribution in [3.05, 3.63) is 35.9 Å². The Hall–Kier alpha value is -0.820. The second-order valence-corrected chi connectivity index (χ2v) is 6.01. The summed E-state index contributed by atoms with van der Waals surface area (Å²) in [6.45, 7) is 3.67. The van der Waals surface area contributed by atoms with E-state index in [2.05, 4.69) is 42.6 Å². The quantitative estimate of drug-likeness (QED) is 0.815. The molecular formula is C16H23N. The molecule has 0 aromatic heterocycles. The van der Waals surface area contributed by atoms with Gasteiger partial charge in [0.25, 0.3) is 0 Å². The normalized spacial score (nSPS) is 37.5. The van der Waals surface area contributed by atoms with Gasteiger partial charge in [0, 0.05) is 5.54 Å². The number of nitrogens with one attached hydrogen (secondary N) is 1. The van der Waals surface area contributed by atoms with Crippen LogP contribution in [0.4, 0.5) is 0 Å². The molecule has 2 aliphatic rings. The molecule has 1 saturated carbocycles. The van der Waals surface area contributed by atoms with Crippen LogP contribution in [0.2, 0.25) is 0 Å². The molecule has 1 heteroatoms. The van der Waals surface area contributed by atoms with Gasteiger partial charge in [-0.05, 0) is 50.1 Å². The fourth-order valence-corrected chi connectivity index (χ4v) is 3.54. The Labute approximate surface area is 105 Å². The van der Waals surface area contributed by atoms with Crippen molar-refractivity contribution in [2.24, 2.45) is 5.92 Å². The van der Waals surface area contributed by atoms with Gasteiger partial charge in [0.05, 0.1) is 0 Å². The molecule has 2 fully saturated rings. The molecule has 1 aromatic rings. The summed E-state index contributed by atoms with van der Waals surface area (Å²) < 4.78 is 0. The second-order valence-electron chi connectivity index (χ2n) is 6.01. The number of rotatable bonds is 2. The number of benzene rings is 1. The zero-order valence-corrected chi connectivity index (χ0v) is 10.8. The molecule has 1 heterocycles. The Morgan fingerprint density at radius 2 is 1.94 bits per heavy atom. The van der Waals surface area contributed by atoms with Crippen LogP contribution in [0.25, 0.3) is 0 Å². The van der Waals surface area contributed by atoms with Crippen LogP contribution in [-0.4, -0.2) is 12.1 Å². The average Bonchev–Trinajstić information content (AvgIpc) is 3.15. The van der Waals surface area contributed by atoms with E-state index in [0.29, 0.717) is 5.54 Å². The van der Waals surface area contributed by atoms with Crippen LogP contribution in [0.1, 0.15) is 50.5 Å². The standard InChI is InChI=1S/C16H23N/c1-16(10-6-3-7-11-17-16)15-12-14(15)13-8-4-2-5-9-13/h2,4-5,8-9,14-15,17H,3,6-7,10-12H2,1H3. The van der Waals surface area contributed by atoms with Gasteiger partial charge in [-0.3, -0.25) is 0 Å². The molecule has 0 spiro atoms. The summed E-state index contributed by atoms with van der Waals surface area (Å²) in [6, 6.07) is 11.1. The molecule has 3 rings (SSSR count). The highest BCUT2D eigenvalue weighted by Gasteiger charge is 2.50. The maximum atomic E-state index is 3.82. The van der Waals surface area contributed by atoms with Gasteiger partial charge in [-0.15, -0.1) is 0 Å². The van der Waals surface area contributed by atoms with Gasteiger partial charge in [0.1, 0.15) is 0 Å². The van der Waals surface area contributed by atoms with Crippen LogP contribution in [0.15, 0.2) is 30.3 Å². The fourth-order valence-electron chi connectivity index (χ4n) is 3.54. The lowest BCUT2D eigenvalue weighted by atomic mass is 9.88. The van der Waals surface area contributed by atoms with Crippen molar-refractivity contribution in [1.29, 1.82) is 0 Å². The van der Waals surface area contributed by atoms with E-state index < -0.39 is 0 Å². The lowest BCUT2D eigenvalue weighted by molar-refractivity contribution is 0.298. The van der Waals surface area contributed by atoms with E-state index in [1.54, 1.807) is 5.56 Å². The first-order valence-electron chi connectivity index (χ1n) is 7.09. The van der Waals surface area contributed by atoms with E-state index in [1.807, 2.05) is 0 Å². The largest absolute Gasteiger partial charge is 0.311 e. The summed E-state index contributed by atoms with van der Waals surface area (Å²) in [7, 11) is 0. The van der Waals surface area contributed by atoms with Gasteiger partial charge in [-0.2, -0.15) is 0 Å². The molecule has 1 aliphatic carbocycles. The maximum absolute atomic E-state index is 3.82. The minimum Gasteiger partial charge on any atom is -0.311 e. The highest BCUT2D eigenvalue weighted by molar-refractivity contribution is 5.28. The lowest BCUT2D eigenvalue weighted by Crippen LogP contribution is -2.44. The number of hydrogen-bond donors (Lipinski definition) is 1. The number of hydrogen-bond acceptors (Lipinski definition) is 1. The second kappa shape index (κ2) is 4.45. The van der Waals surface area contributed by atoms with Crippen LogP contribution in [0.3, 0.4) is 0 Å². The summed E-state index contributed by atoms with van der Waals surface area (Å²) in [6.07, 6.45) is 6.92. The molecule has 3 atom stereocenters. The van der Waals surface area contributed by atoms with Gasteiger partial charge in [0.15, 0.2) is 0 Å². The van der Waals surface area contributed by atoms with Crippen molar-refractivity contribution in [3.63, 3.8) is 0 Å². The van der Waals surface area contributed by atoms with E-state index in [4.69, 9.17) is 0 Å². The van der Waals surface area contributed by atoms with Crippen molar-refractivity contribution >= 4 is 0 Å². The summed E-state index contributed by atoms with van der Waals surface area (Å²) in [5.74, 6) is 1.68. The Morgan fingerprint density at radius 1 is 1.12 bits per heavy atom. The highest BCUT2D eigenvalue weighted by atomic mass is 15.0. The smallest absolute Gasteiger partial charge is 0.0187 e. The van der Waals surface area contributed by atoms with Gasteiger partial charge in [-0.25, -0.2) is 0 Å². The van der Waals surface area contributed by atoms with E-state index >= 15 is 0 Å². The van der Waals surface area contributed by atoms with Crippen molar-refractivity contribution in [2.45, 2.75) is 50.5 Å². The average molecular weight is 229 g/mol. The topological polar surface area (TPSA) is 12.0 Å². The Morgan fingerprint density at radius 3 is 2.76 bits per heavy atom. The summed E-state index contributed by atoms with van der Waals surface area (Å²) in [4.78, 5) is 0. The minimum atomic E-state index is 0.400. The third kappa shape index (κ3) is 2.26. The van der Waals surface area contributed by atoms with Gasteiger partial charge in [0.2, 0.25) is 0 Å². The van der Waals surface area contributed by atoms with Crippen molar-refractivity contribution in [3.8, 4) is 0 Å². The molecule has 0 radical (unpaired) electrons. The first-order chi connectivity index (χ1) is 8.30. The zero-order chi connectivity index (χ0) is 11.7. The van der Waals surface area contributed by atoms with Crippen LogP contribution >= 0.6 is 0 Å². The molecule has 1 saturated heterocycles. The lowest BCUT2D eigenvalue weighted by Gasteiger charge is -2.30. The zero-order valence-electron chi connectivity index (χ0n) is 10.8. The van der Waals surface area contributed by atoms with Crippen molar-refractivity contribution in [1.82, 2.24) is 5.32 Å². The first-order valence-corrected chi connectivity index (χ1v) is 7.09. The Kier molecular flexibility index (Phi) is 2.96. The van der Waals surface area contributed by atoms with Crippen LogP contribution < -0.4 is 5.32 Å². The molecule has 1 aromatic carbocycles.